The minimum Gasteiger partial charge on any atom is -0.341 e. The van der Waals surface area contributed by atoms with Gasteiger partial charge in [-0.05, 0) is 43.4 Å². The number of para-hydroxylation sites is 2. The van der Waals surface area contributed by atoms with Gasteiger partial charge in [0, 0.05) is 6.04 Å². The van der Waals surface area contributed by atoms with E-state index < -0.39 is 0 Å². The lowest BCUT2D eigenvalue weighted by Gasteiger charge is -2.25. The number of nitrogens with one attached hydrogen (secondary N) is 2. The smallest absolute Gasteiger partial charge is 0.124 e. The van der Waals surface area contributed by atoms with Crippen LogP contribution in [0.1, 0.15) is 31.6 Å². The number of aromatic nitrogens is 2. The zero-order valence-electron chi connectivity index (χ0n) is 10.6. The molecule has 0 saturated carbocycles. The Hall–Kier alpha value is -1.00. The fourth-order valence-electron chi connectivity index (χ4n) is 2.47. The number of imidazole rings is 1. The SMILES string of the molecule is CC(NC1CCSCC1)c1nc2ccccc2[nH]1. The maximum atomic E-state index is 4.65. The number of fused-ring (bicyclic) bond motifs is 1. The van der Waals surface area contributed by atoms with Crippen molar-refractivity contribution in [1.82, 2.24) is 15.3 Å². The van der Waals surface area contributed by atoms with Gasteiger partial charge in [0.2, 0.25) is 0 Å². The van der Waals surface area contributed by atoms with Crippen molar-refractivity contribution in [3.8, 4) is 0 Å². The summed E-state index contributed by atoms with van der Waals surface area (Å²) in [7, 11) is 0. The lowest BCUT2D eigenvalue weighted by atomic mass is 10.1. The highest BCUT2D eigenvalue weighted by atomic mass is 32.2. The van der Waals surface area contributed by atoms with Gasteiger partial charge in [-0.2, -0.15) is 11.8 Å². The lowest BCUT2D eigenvalue weighted by molar-refractivity contribution is 0.422. The summed E-state index contributed by atoms with van der Waals surface area (Å²) in [4.78, 5) is 8.06. The summed E-state index contributed by atoms with van der Waals surface area (Å²) >= 11 is 2.06. The first-order valence-corrected chi connectivity index (χ1v) is 7.77. The summed E-state index contributed by atoms with van der Waals surface area (Å²) in [6.07, 6.45) is 2.55. The molecule has 0 radical (unpaired) electrons. The molecule has 3 nitrogen and oxygen atoms in total. The van der Waals surface area contributed by atoms with Gasteiger partial charge >= 0.3 is 0 Å². The van der Waals surface area contributed by atoms with Crippen molar-refractivity contribution in [3.63, 3.8) is 0 Å². The molecule has 1 unspecified atom stereocenters. The standard InChI is InChI=1S/C14H19N3S/c1-10(15-11-6-8-18-9-7-11)14-16-12-4-2-3-5-13(12)17-14/h2-5,10-11,15H,6-9H2,1H3,(H,16,17). The Bertz CT molecular complexity index is 483. The van der Waals surface area contributed by atoms with E-state index in [1.807, 2.05) is 12.1 Å². The molecule has 2 N–H and O–H groups in total. The zero-order valence-corrected chi connectivity index (χ0v) is 11.5. The molecule has 4 heteroatoms. The van der Waals surface area contributed by atoms with Crippen LogP contribution in [-0.2, 0) is 0 Å². The Morgan fingerprint density at radius 2 is 2.11 bits per heavy atom. The van der Waals surface area contributed by atoms with Crippen LogP contribution in [0.15, 0.2) is 24.3 Å². The van der Waals surface area contributed by atoms with Gasteiger partial charge in [0.1, 0.15) is 5.82 Å². The van der Waals surface area contributed by atoms with Crippen molar-refractivity contribution in [2.45, 2.75) is 31.8 Å². The van der Waals surface area contributed by atoms with E-state index in [4.69, 9.17) is 0 Å². The van der Waals surface area contributed by atoms with Crippen molar-refractivity contribution in [3.05, 3.63) is 30.1 Å². The van der Waals surface area contributed by atoms with E-state index in [0.29, 0.717) is 12.1 Å². The third-order valence-electron chi connectivity index (χ3n) is 3.52. The third kappa shape index (κ3) is 2.54. The van der Waals surface area contributed by atoms with Crippen LogP contribution in [0.3, 0.4) is 0 Å². The van der Waals surface area contributed by atoms with Crippen LogP contribution in [0.25, 0.3) is 11.0 Å². The van der Waals surface area contributed by atoms with Crippen molar-refractivity contribution in [1.29, 1.82) is 0 Å². The molecule has 1 aromatic heterocycles. The molecule has 0 bridgehead atoms. The maximum Gasteiger partial charge on any atom is 0.124 e. The average molecular weight is 261 g/mol. The van der Waals surface area contributed by atoms with Gasteiger partial charge < -0.3 is 10.3 Å². The van der Waals surface area contributed by atoms with Gasteiger partial charge in [0.15, 0.2) is 0 Å². The molecular formula is C14H19N3S. The molecule has 1 aromatic carbocycles. The zero-order chi connectivity index (χ0) is 12.4. The van der Waals surface area contributed by atoms with Crippen LogP contribution in [0.2, 0.25) is 0 Å². The molecule has 1 atom stereocenters. The van der Waals surface area contributed by atoms with E-state index in [9.17, 15) is 0 Å². The Morgan fingerprint density at radius 3 is 2.89 bits per heavy atom. The van der Waals surface area contributed by atoms with Gasteiger partial charge in [0.25, 0.3) is 0 Å². The second-order valence-corrected chi connectivity index (χ2v) is 6.14. The number of thioether (sulfide) groups is 1. The molecule has 18 heavy (non-hydrogen) atoms. The van der Waals surface area contributed by atoms with E-state index >= 15 is 0 Å². The molecular weight excluding hydrogens is 242 g/mol. The number of benzene rings is 1. The Labute approximate surface area is 112 Å². The van der Waals surface area contributed by atoms with Gasteiger partial charge in [-0.3, -0.25) is 0 Å². The molecule has 0 spiro atoms. The lowest BCUT2D eigenvalue weighted by Crippen LogP contribution is -2.34. The Morgan fingerprint density at radius 1 is 1.33 bits per heavy atom. The molecule has 3 rings (SSSR count). The van der Waals surface area contributed by atoms with Crippen LogP contribution in [0.5, 0.6) is 0 Å². The number of H-pyrrole nitrogens is 1. The Balaban J connectivity index is 1.72. The molecule has 2 aromatic rings. The van der Waals surface area contributed by atoms with Gasteiger partial charge in [-0.1, -0.05) is 12.1 Å². The largest absolute Gasteiger partial charge is 0.341 e. The molecule has 1 saturated heterocycles. The molecule has 1 aliphatic heterocycles. The predicted octanol–water partition coefficient (Wildman–Crippen LogP) is 3.11. The summed E-state index contributed by atoms with van der Waals surface area (Å²) < 4.78 is 0. The quantitative estimate of drug-likeness (QED) is 0.892. The fourth-order valence-corrected chi connectivity index (χ4v) is 3.58. The summed E-state index contributed by atoms with van der Waals surface area (Å²) in [5.74, 6) is 3.61. The molecule has 1 aliphatic rings. The summed E-state index contributed by atoms with van der Waals surface area (Å²) in [5.41, 5.74) is 2.18. The van der Waals surface area contributed by atoms with Crippen LogP contribution < -0.4 is 5.32 Å². The van der Waals surface area contributed by atoms with Gasteiger partial charge in [-0.25, -0.2) is 4.98 Å². The van der Waals surface area contributed by atoms with Crippen molar-refractivity contribution < 1.29 is 0 Å². The molecule has 1 fully saturated rings. The first-order valence-electron chi connectivity index (χ1n) is 6.61. The minimum absolute atomic E-state index is 0.297. The van der Waals surface area contributed by atoms with Crippen LogP contribution in [0, 0.1) is 0 Å². The van der Waals surface area contributed by atoms with Gasteiger partial charge in [0.05, 0.1) is 17.1 Å². The van der Waals surface area contributed by atoms with Crippen LogP contribution in [-0.4, -0.2) is 27.5 Å². The highest BCUT2D eigenvalue weighted by Crippen LogP contribution is 2.21. The molecule has 0 amide bonds. The third-order valence-corrected chi connectivity index (χ3v) is 4.57. The number of hydrogen-bond donors (Lipinski definition) is 2. The summed E-state index contributed by atoms with van der Waals surface area (Å²) in [5, 5.41) is 3.69. The Kier molecular flexibility index (Phi) is 3.57. The first-order chi connectivity index (χ1) is 8.83. The second kappa shape index (κ2) is 5.33. The van der Waals surface area contributed by atoms with Crippen LogP contribution in [0.4, 0.5) is 0 Å². The van der Waals surface area contributed by atoms with E-state index in [1.54, 1.807) is 0 Å². The van der Waals surface area contributed by atoms with E-state index in [-0.39, 0.29) is 0 Å². The van der Waals surface area contributed by atoms with Gasteiger partial charge in [-0.15, -0.1) is 0 Å². The minimum atomic E-state index is 0.297. The average Bonchev–Trinajstić information content (AvgIpc) is 2.84. The van der Waals surface area contributed by atoms with E-state index in [1.165, 1.54) is 24.3 Å². The first kappa shape index (κ1) is 12.1. The van der Waals surface area contributed by atoms with E-state index in [0.717, 1.165) is 16.9 Å². The number of nitrogens with zero attached hydrogens (tertiary/aromatic N) is 1. The fraction of sp³-hybridized carbons (Fsp3) is 0.500. The number of aromatic amines is 1. The molecule has 96 valence electrons. The van der Waals surface area contributed by atoms with Crippen LogP contribution >= 0.6 is 11.8 Å². The van der Waals surface area contributed by atoms with E-state index in [2.05, 4.69) is 46.1 Å². The van der Waals surface area contributed by atoms with Crippen molar-refractivity contribution in [2.75, 3.05) is 11.5 Å². The van der Waals surface area contributed by atoms with Crippen molar-refractivity contribution in [2.24, 2.45) is 0 Å². The van der Waals surface area contributed by atoms with Crippen molar-refractivity contribution >= 4 is 22.8 Å². The highest BCUT2D eigenvalue weighted by Gasteiger charge is 2.18. The number of hydrogen-bond acceptors (Lipinski definition) is 3. The second-order valence-electron chi connectivity index (χ2n) is 4.91. The normalized spacial score (nSPS) is 19.2. The predicted molar refractivity (Wildman–Crippen MR) is 78.0 cm³/mol. The summed E-state index contributed by atoms with van der Waals surface area (Å²) in [6, 6.07) is 9.15. The number of rotatable bonds is 3. The monoisotopic (exact) mass is 261 g/mol. The molecule has 2 heterocycles. The summed E-state index contributed by atoms with van der Waals surface area (Å²) in [6.45, 7) is 2.19. The molecule has 0 aliphatic carbocycles. The highest BCUT2D eigenvalue weighted by molar-refractivity contribution is 7.99. The topological polar surface area (TPSA) is 40.7 Å². The maximum absolute atomic E-state index is 4.65.